The first kappa shape index (κ1) is 13.5. The van der Waals surface area contributed by atoms with E-state index in [4.69, 9.17) is 9.47 Å². The molecule has 1 saturated heterocycles. The van der Waals surface area contributed by atoms with Crippen LogP contribution in [0.1, 0.15) is 40.0 Å². The van der Waals surface area contributed by atoms with Crippen LogP contribution < -0.4 is 5.32 Å². The van der Waals surface area contributed by atoms with Crippen molar-refractivity contribution in [2.75, 3.05) is 19.8 Å². The van der Waals surface area contributed by atoms with Crippen LogP contribution in [-0.2, 0) is 14.3 Å². The number of hydrogen-bond donors (Lipinski definition) is 1. The highest BCUT2D eigenvalue weighted by Crippen LogP contribution is 2.20. The third-order valence-corrected chi connectivity index (χ3v) is 2.97. The number of esters is 1. The molecule has 0 aromatic rings. The van der Waals surface area contributed by atoms with Crippen molar-refractivity contribution in [2.24, 2.45) is 0 Å². The van der Waals surface area contributed by atoms with E-state index in [-0.39, 0.29) is 17.6 Å². The lowest BCUT2D eigenvalue weighted by Gasteiger charge is -2.37. The standard InChI is InChI=1S/C12H23NO3/c1-4-16-11(14)9-10(2)13-12(3)5-7-15-8-6-12/h10,13H,4-9H2,1-3H3. The maximum absolute atomic E-state index is 11.3. The Labute approximate surface area is 97.7 Å². The molecule has 0 radical (unpaired) electrons. The van der Waals surface area contributed by atoms with Crippen molar-refractivity contribution in [1.82, 2.24) is 5.32 Å². The van der Waals surface area contributed by atoms with Crippen molar-refractivity contribution in [2.45, 2.75) is 51.6 Å². The highest BCUT2D eigenvalue weighted by molar-refractivity contribution is 5.70. The fourth-order valence-electron chi connectivity index (χ4n) is 2.08. The smallest absolute Gasteiger partial charge is 0.307 e. The van der Waals surface area contributed by atoms with E-state index in [9.17, 15) is 4.79 Å². The van der Waals surface area contributed by atoms with Crippen LogP contribution in [0.2, 0.25) is 0 Å². The summed E-state index contributed by atoms with van der Waals surface area (Å²) in [5, 5.41) is 3.50. The quantitative estimate of drug-likeness (QED) is 0.726. The summed E-state index contributed by atoms with van der Waals surface area (Å²) in [5.41, 5.74) is 0.101. The minimum Gasteiger partial charge on any atom is -0.466 e. The summed E-state index contributed by atoms with van der Waals surface area (Å²) in [6, 6.07) is 0.155. The molecule has 0 aliphatic carbocycles. The second-order valence-electron chi connectivity index (χ2n) is 4.73. The van der Waals surface area contributed by atoms with Crippen molar-refractivity contribution in [3.63, 3.8) is 0 Å². The largest absolute Gasteiger partial charge is 0.466 e. The highest BCUT2D eigenvalue weighted by Gasteiger charge is 2.28. The molecule has 4 heteroatoms. The summed E-state index contributed by atoms with van der Waals surface area (Å²) in [5.74, 6) is -0.127. The van der Waals surface area contributed by atoms with E-state index in [1.165, 1.54) is 0 Å². The van der Waals surface area contributed by atoms with E-state index in [1.54, 1.807) is 0 Å². The molecule has 1 N–H and O–H groups in total. The lowest BCUT2D eigenvalue weighted by Crippen LogP contribution is -2.51. The molecule has 1 aliphatic heterocycles. The van der Waals surface area contributed by atoms with Crippen molar-refractivity contribution in [3.8, 4) is 0 Å². The zero-order valence-corrected chi connectivity index (χ0v) is 10.5. The van der Waals surface area contributed by atoms with Crippen LogP contribution >= 0.6 is 0 Å². The normalized spacial score (nSPS) is 21.4. The van der Waals surface area contributed by atoms with Crippen molar-refractivity contribution >= 4 is 5.97 Å². The third-order valence-electron chi connectivity index (χ3n) is 2.97. The lowest BCUT2D eigenvalue weighted by molar-refractivity contribution is -0.143. The van der Waals surface area contributed by atoms with Gasteiger partial charge in [0.15, 0.2) is 0 Å². The van der Waals surface area contributed by atoms with Crippen molar-refractivity contribution < 1.29 is 14.3 Å². The predicted molar refractivity (Wildman–Crippen MR) is 62.3 cm³/mol. The van der Waals surface area contributed by atoms with Gasteiger partial charge in [-0.1, -0.05) is 0 Å². The van der Waals surface area contributed by atoms with E-state index < -0.39 is 0 Å². The van der Waals surface area contributed by atoms with E-state index in [0.717, 1.165) is 26.1 Å². The molecule has 1 atom stereocenters. The number of rotatable bonds is 5. The molecule has 1 heterocycles. The molecule has 4 nitrogen and oxygen atoms in total. The van der Waals surface area contributed by atoms with Gasteiger partial charge in [-0.05, 0) is 33.6 Å². The predicted octanol–water partition coefficient (Wildman–Crippen LogP) is 1.49. The highest BCUT2D eigenvalue weighted by atomic mass is 16.5. The van der Waals surface area contributed by atoms with Gasteiger partial charge in [0.05, 0.1) is 13.0 Å². The second kappa shape index (κ2) is 6.21. The van der Waals surface area contributed by atoms with Crippen LogP contribution in [0.15, 0.2) is 0 Å². The summed E-state index contributed by atoms with van der Waals surface area (Å²) < 4.78 is 10.3. The monoisotopic (exact) mass is 229 g/mol. The van der Waals surface area contributed by atoms with Crippen molar-refractivity contribution in [3.05, 3.63) is 0 Å². The number of carbonyl (C=O) groups excluding carboxylic acids is 1. The topological polar surface area (TPSA) is 47.6 Å². The number of nitrogens with one attached hydrogen (secondary N) is 1. The van der Waals surface area contributed by atoms with E-state index >= 15 is 0 Å². The zero-order chi connectivity index (χ0) is 12.0. The molecule has 0 aromatic carbocycles. The van der Waals surface area contributed by atoms with Crippen LogP contribution in [0.3, 0.4) is 0 Å². The van der Waals surface area contributed by atoms with Crippen LogP contribution in [0, 0.1) is 0 Å². The molecule has 1 rings (SSSR count). The Kier molecular flexibility index (Phi) is 5.22. The van der Waals surface area contributed by atoms with Crippen molar-refractivity contribution in [1.29, 1.82) is 0 Å². The number of carbonyl (C=O) groups is 1. The Morgan fingerprint density at radius 3 is 2.69 bits per heavy atom. The Bertz CT molecular complexity index is 224. The molecular weight excluding hydrogens is 206 g/mol. The van der Waals surface area contributed by atoms with E-state index in [2.05, 4.69) is 12.2 Å². The summed E-state index contributed by atoms with van der Waals surface area (Å²) in [7, 11) is 0. The SMILES string of the molecule is CCOC(=O)CC(C)NC1(C)CCOCC1. The Balaban J connectivity index is 2.31. The van der Waals surface area contributed by atoms with Gasteiger partial charge in [-0.3, -0.25) is 4.79 Å². The first-order valence-corrected chi connectivity index (χ1v) is 6.07. The van der Waals surface area contributed by atoms with Gasteiger partial charge in [-0.25, -0.2) is 0 Å². The molecule has 0 bridgehead atoms. The summed E-state index contributed by atoms with van der Waals surface area (Å²) in [4.78, 5) is 11.3. The summed E-state index contributed by atoms with van der Waals surface area (Å²) in [6.07, 6.45) is 2.44. The van der Waals surface area contributed by atoms with Crippen LogP contribution in [0.4, 0.5) is 0 Å². The van der Waals surface area contributed by atoms with Gasteiger partial charge >= 0.3 is 5.97 Å². The van der Waals surface area contributed by atoms with Gasteiger partial charge in [0.25, 0.3) is 0 Å². The Hall–Kier alpha value is -0.610. The molecule has 0 spiro atoms. The average molecular weight is 229 g/mol. The zero-order valence-electron chi connectivity index (χ0n) is 10.5. The maximum atomic E-state index is 11.3. The van der Waals surface area contributed by atoms with Gasteiger partial charge in [0.1, 0.15) is 0 Å². The summed E-state index contributed by atoms with van der Waals surface area (Å²) in [6.45, 7) is 8.10. The summed E-state index contributed by atoms with van der Waals surface area (Å²) >= 11 is 0. The molecule has 1 aliphatic rings. The molecule has 0 amide bonds. The molecular formula is C12H23NO3. The molecule has 1 unspecified atom stereocenters. The van der Waals surface area contributed by atoms with Gasteiger partial charge in [-0.15, -0.1) is 0 Å². The molecule has 0 saturated carbocycles. The number of hydrogen-bond acceptors (Lipinski definition) is 4. The first-order chi connectivity index (χ1) is 7.56. The van der Waals surface area contributed by atoms with Gasteiger partial charge in [0.2, 0.25) is 0 Å². The van der Waals surface area contributed by atoms with Crippen LogP contribution in [0.5, 0.6) is 0 Å². The first-order valence-electron chi connectivity index (χ1n) is 6.07. The number of ether oxygens (including phenoxy) is 2. The fraction of sp³-hybridized carbons (Fsp3) is 0.917. The maximum Gasteiger partial charge on any atom is 0.307 e. The lowest BCUT2D eigenvalue weighted by atomic mass is 9.91. The molecule has 1 fully saturated rings. The van der Waals surface area contributed by atoms with Crippen LogP contribution in [-0.4, -0.2) is 37.4 Å². The average Bonchev–Trinajstić information content (AvgIpc) is 2.17. The second-order valence-corrected chi connectivity index (χ2v) is 4.73. The molecule has 0 aromatic heterocycles. The minimum absolute atomic E-state index is 0.101. The minimum atomic E-state index is -0.127. The van der Waals surface area contributed by atoms with Gasteiger partial charge in [0, 0.05) is 24.8 Å². The van der Waals surface area contributed by atoms with E-state index in [0.29, 0.717) is 13.0 Å². The Morgan fingerprint density at radius 1 is 1.50 bits per heavy atom. The van der Waals surface area contributed by atoms with Crippen LogP contribution in [0.25, 0.3) is 0 Å². The molecule has 94 valence electrons. The van der Waals surface area contributed by atoms with E-state index in [1.807, 2.05) is 13.8 Å². The molecule has 16 heavy (non-hydrogen) atoms. The van der Waals surface area contributed by atoms with Gasteiger partial charge < -0.3 is 14.8 Å². The third kappa shape index (κ3) is 4.49. The Morgan fingerprint density at radius 2 is 2.12 bits per heavy atom. The van der Waals surface area contributed by atoms with Gasteiger partial charge in [-0.2, -0.15) is 0 Å². The fourth-order valence-corrected chi connectivity index (χ4v) is 2.08.